The molecule has 110 valence electrons. The average molecular weight is 282 g/mol. The summed E-state index contributed by atoms with van der Waals surface area (Å²) < 4.78 is 5.33. The number of hydrogen-bond acceptors (Lipinski definition) is 8. The van der Waals surface area contributed by atoms with Gasteiger partial charge in [-0.3, -0.25) is 15.5 Å². The van der Waals surface area contributed by atoms with Crippen LogP contribution in [-0.4, -0.2) is 41.2 Å². The van der Waals surface area contributed by atoms with Gasteiger partial charge in [0.2, 0.25) is 11.8 Å². The lowest BCUT2D eigenvalue weighted by Crippen LogP contribution is -2.40. The molecule has 1 aliphatic rings. The summed E-state index contributed by atoms with van der Waals surface area (Å²) in [5, 5.41) is 11.3. The number of anilines is 2. The zero-order valence-corrected chi connectivity index (χ0v) is 11.5. The van der Waals surface area contributed by atoms with E-state index in [-0.39, 0.29) is 29.3 Å². The maximum atomic E-state index is 11.3. The molecule has 0 amide bonds. The average Bonchev–Trinajstić information content (AvgIpc) is 2.45. The minimum atomic E-state index is -0.457. The lowest BCUT2D eigenvalue weighted by Gasteiger charge is -2.32. The van der Waals surface area contributed by atoms with Gasteiger partial charge in [0.1, 0.15) is 5.69 Å². The molecule has 1 aromatic heterocycles. The Labute approximate surface area is 116 Å². The van der Waals surface area contributed by atoms with Crippen molar-refractivity contribution in [1.82, 2.24) is 9.97 Å². The molecule has 1 aromatic rings. The van der Waals surface area contributed by atoms with Gasteiger partial charge in [-0.05, 0) is 19.8 Å². The van der Waals surface area contributed by atoms with Crippen LogP contribution in [0.2, 0.25) is 0 Å². The number of hydrazine groups is 1. The summed E-state index contributed by atoms with van der Waals surface area (Å²) in [4.78, 5) is 20.8. The van der Waals surface area contributed by atoms with Gasteiger partial charge in [0.05, 0.1) is 11.0 Å². The molecule has 1 fully saturated rings. The number of methoxy groups -OCH3 is 1. The van der Waals surface area contributed by atoms with Gasteiger partial charge in [0, 0.05) is 20.2 Å². The van der Waals surface area contributed by atoms with Crippen molar-refractivity contribution in [2.24, 2.45) is 5.84 Å². The molecule has 20 heavy (non-hydrogen) atoms. The Kier molecular flexibility index (Phi) is 4.30. The number of nitrogen functional groups attached to an aromatic ring is 1. The smallest absolute Gasteiger partial charge is 0.332 e. The first kappa shape index (κ1) is 14.4. The highest BCUT2D eigenvalue weighted by Crippen LogP contribution is 2.31. The van der Waals surface area contributed by atoms with E-state index in [0.717, 1.165) is 12.8 Å². The Hall–Kier alpha value is -2.00. The van der Waals surface area contributed by atoms with E-state index in [9.17, 15) is 10.1 Å². The van der Waals surface area contributed by atoms with E-state index in [4.69, 9.17) is 10.6 Å². The standard InChI is InChI=1S/C11H18N6O3/c1-7-9(17(18)19)10(14-11(13-7)15-12)16-5-3-4-8(6-16)20-2/h8H,3-6,12H2,1-2H3,(H,13,14,15). The summed E-state index contributed by atoms with van der Waals surface area (Å²) in [6.45, 7) is 2.83. The number of piperidine rings is 1. The molecule has 0 aliphatic carbocycles. The summed E-state index contributed by atoms with van der Waals surface area (Å²) in [6, 6.07) is 0. The topological polar surface area (TPSA) is 119 Å². The maximum absolute atomic E-state index is 11.3. The summed E-state index contributed by atoms with van der Waals surface area (Å²) >= 11 is 0. The van der Waals surface area contributed by atoms with Crippen LogP contribution in [-0.2, 0) is 4.74 Å². The first-order valence-electron chi connectivity index (χ1n) is 6.34. The van der Waals surface area contributed by atoms with Crippen molar-refractivity contribution in [3.8, 4) is 0 Å². The van der Waals surface area contributed by atoms with Gasteiger partial charge in [-0.15, -0.1) is 0 Å². The third-order valence-electron chi connectivity index (χ3n) is 3.36. The van der Waals surface area contributed by atoms with Crippen LogP contribution in [0, 0.1) is 17.0 Å². The molecule has 2 heterocycles. The Balaban J connectivity index is 2.42. The lowest BCUT2D eigenvalue weighted by molar-refractivity contribution is -0.385. The van der Waals surface area contributed by atoms with Gasteiger partial charge in [0.15, 0.2) is 0 Å². The second-order valence-corrected chi connectivity index (χ2v) is 4.65. The predicted octanol–water partition coefficient (Wildman–Crippen LogP) is 0.594. The Morgan fingerprint density at radius 3 is 2.90 bits per heavy atom. The Morgan fingerprint density at radius 1 is 1.55 bits per heavy atom. The highest BCUT2D eigenvalue weighted by atomic mass is 16.6. The minimum Gasteiger partial charge on any atom is -0.380 e. The molecule has 3 N–H and O–H groups in total. The molecule has 0 aromatic carbocycles. The first-order valence-corrected chi connectivity index (χ1v) is 6.34. The van der Waals surface area contributed by atoms with Gasteiger partial charge in [-0.25, -0.2) is 10.8 Å². The highest BCUT2D eigenvalue weighted by Gasteiger charge is 2.29. The van der Waals surface area contributed by atoms with Crippen LogP contribution in [0.4, 0.5) is 17.5 Å². The summed E-state index contributed by atoms with van der Waals surface area (Å²) in [7, 11) is 1.64. The second-order valence-electron chi connectivity index (χ2n) is 4.65. The molecule has 9 nitrogen and oxygen atoms in total. The number of nitrogens with two attached hydrogens (primary N) is 1. The van der Waals surface area contributed by atoms with Crippen molar-refractivity contribution >= 4 is 17.5 Å². The van der Waals surface area contributed by atoms with Gasteiger partial charge >= 0.3 is 5.69 Å². The Bertz CT molecular complexity index is 509. The van der Waals surface area contributed by atoms with E-state index in [0.29, 0.717) is 13.1 Å². The molecule has 9 heteroatoms. The molecule has 0 spiro atoms. The number of hydrogen-bond donors (Lipinski definition) is 2. The normalized spacial score (nSPS) is 18.9. The highest BCUT2D eigenvalue weighted by molar-refractivity contribution is 5.62. The number of rotatable bonds is 4. The van der Waals surface area contributed by atoms with Crippen LogP contribution in [0.1, 0.15) is 18.5 Å². The predicted molar refractivity (Wildman–Crippen MR) is 73.5 cm³/mol. The maximum Gasteiger partial charge on any atom is 0.332 e. The number of nitrogens with one attached hydrogen (secondary N) is 1. The summed E-state index contributed by atoms with van der Waals surface area (Å²) in [5.74, 6) is 5.77. The van der Waals surface area contributed by atoms with Crippen LogP contribution in [0.5, 0.6) is 0 Å². The van der Waals surface area contributed by atoms with E-state index in [2.05, 4.69) is 15.4 Å². The number of nitrogens with zero attached hydrogens (tertiary/aromatic N) is 4. The van der Waals surface area contributed by atoms with Gasteiger partial charge in [-0.2, -0.15) is 4.98 Å². The van der Waals surface area contributed by atoms with Gasteiger partial charge in [0.25, 0.3) is 0 Å². The van der Waals surface area contributed by atoms with E-state index in [1.54, 1.807) is 14.0 Å². The fourth-order valence-electron chi connectivity index (χ4n) is 2.37. The van der Waals surface area contributed by atoms with Gasteiger partial charge < -0.3 is 9.64 Å². The van der Waals surface area contributed by atoms with Crippen LogP contribution < -0.4 is 16.2 Å². The fraction of sp³-hybridized carbons (Fsp3) is 0.636. The van der Waals surface area contributed by atoms with Crippen molar-refractivity contribution in [3.63, 3.8) is 0 Å². The van der Waals surface area contributed by atoms with Crippen molar-refractivity contribution in [2.75, 3.05) is 30.5 Å². The van der Waals surface area contributed by atoms with Crippen LogP contribution >= 0.6 is 0 Å². The quantitative estimate of drug-likeness (QED) is 0.468. The number of ether oxygens (including phenoxy) is 1. The van der Waals surface area contributed by atoms with Crippen LogP contribution in [0.25, 0.3) is 0 Å². The third-order valence-corrected chi connectivity index (χ3v) is 3.36. The van der Waals surface area contributed by atoms with Crippen molar-refractivity contribution in [1.29, 1.82) is 0 Å². The summed E-state index contributed by atoms with van der Waals surface area (Å²) in [6.07, 6.45) is 1.88. The molecule has 1 aliphatic heterocycles. The number of aryl methyl sites for hydroxylation is 1. The molecule has 2 rings (SSSR count). The molecule has 1 unspecified atom stereocenters. The Morgan fingerprint density at radius 2 is 2.30 bits per heavy atom. The lowest BCUT2D eigenvalue weighted by atomic mass is 10.1. The second kappa shape index (κ2) is 5.97. The van der Waals surface area contributed by atoms with Crippen molar-refractivity contribution < 1.29 is 9.66 Å². The molecule has 0 saturated carbocycles. The van der Waals surface area contributed by atoms with E-state index >= 15 is 0 Å². The summed E-state index contributed by atoms with van der Waals surface area (Å²) in [5.41, 5.74) is 2.54. The first-order chi connectivity index (χ1) is 9.56. The van der Waals surface area contributed by atoms with Crippen molar-refractivity contribution in [2.45, 2.75) is 25.9 Å². The zero-order chi connectivity index (χ0) is 14.7. The van der Waals surface area contributed by atoms with E-state index in [1.165, 1.54) is 0 Å². The monoisotopic (exact) mass is 282 g/mol. The van der Waals surface area contributed by atoms with E-state index in [1.807, 2.05) is 4.90 Å². The molecular weight excluding hydrogens is 264 g/mol. The van der Waals surface area contributed by atoms with Crippen LogP contribution in [0.3, 0.4) is 0 Å². The van der Waals surface area contributed by atoms with Crippen molar-refractivity contribution in [3.05, 3.63) is 15.8 Å². The molecule has 1 saturated heterocycles. The molecule has 0 radical (unpaired) electrons. The van der Waals surface area contributed by atoms with E-state index < -0.39 is 4.92 Å². The molecule has 0 bridgehead atoms. The van der Waals surface area contributed by atoms with Gasteiger partial charge in [-0.1, -0.05) is 0 Å². The molecular formula is C11H18N6O3. The number of nitro groups is 1. The largest absolute Gasteiger partial charge is 0.380 e. The third kappa shape index (κ3) is 2.78. The molecule has 1 atom stereocenters. The van der Waals surface area contributed by atoms with Crippen LogP contribution in [0.15, 0.2) is 0 Å². The zero-order valence-electron chi connectivity index (χ0n) is 11.5. The minimum absolute atomic E-state index is 0.0490. The SMILES string of the molecule is COC1CCCN(c2nc(NN)nc(C)c2[N+](=O)[O-])C1. The number of aromatic nitrogens is 2. The fourth-order valence-corrected chi connectivity index (χ4v) is 2.37.